The van der Waals surface area contributed by atoms with Crippen molar-refractivity contribution < 1.29 is 19.1 Å². The zero-order chi connectivity index (χ0) is 27.0. The van der Waals surface area contributed by atoms with Crippen LogP contribution >= 0.6 is 0 Å². The average molecular weight is 507 g/mol. The lowest BCUT2D eigenvalue weighted by Gasteiger charge is -2.07. The zero-order valence-corrected chi connectivity index (χ0v) is 22.2. The highest BCUT2D eigenvalue weighted by Gasteiger charge is 2.11. The van der Waals surface area contributed by atoms with E-state index < -0.39 is 11.9 Å². The molecule has 0 unspecified atom stereocenters. The minimum Gasteiger partial charge on any atom is -0.423 e. The standard InChI is InChI=1S/C34H34O4/c1-3-5-7-9-11-13-27-15-19-29(20-16-27)33(35)37-31-23-25-32(26-24-31)38-34(36)30-21-17-28(18-22-30)14-12-10-8-6-4-2/h15-26H,3-10H2,1-2H3. The first-order valence-corrected chi connectivity index (χ1v) is 13.3. The molecule has 0 bridgehead atoms. The number of ether oxygens (including phenoxy) is 2. The Morgan fingerprint density at radius 2 is 0.921 bits per heavy atom. The Kier molecular flexibility index (Phi) is 11.7. The summed E-state index contributed by atoms with van der Waals surface area (Å²) in [6.07, 6.45) is 8.69. The first kappa shape index (κ1) is 28.3. The van der Waals surface area contributed by atoms with Gasteiger partial charge in [0.05, 0.1) is 11.1 Å². The molecule has 4 nitrogen and oxygen atoms in total. The summed E-state index contributed by atoms with van der Waals surface area (Å²) < 4.78 is 10.9. The Bertz CT molecular complexity index is 1190. The van der Waals surface area contributed by atoms with Gasteiger partial charge in [-0.2, -0.15) is 0 Å². The second kappa shape index (κ2) is 15.7. The molecule has 0 radical (unpaired) electrons. The van der Waals surface area contributed by atoms with Crippen molar-refractivity contribution in [3.63, 3.8) is 0 Å². The largest absolute Gasteiger partial charge is 0.423 e. The topological polar surface area (TPSA) is 52.6 Å². The van der Waals surface area contributed by atoms with E-state index in [1.165, 1.54) is 25.7 Å². The number of benzene rings is 3. The van der Waals surface area contributed by atoms with E-state index >= 15 is 0 Å². The van der Waals surface area contributed by atoms with Crippen molar-refractivity contribution in [2.45, 2.75) is 65.2 Å². The molecule has 0 aliphatic heterocycles. The monoisotopic (exact) mass is 506 g/mol. The molecule has 0 amide bonds. The maximum Gasteiger partial charge on any atom is 0.343 e. The van der Waals surface area contributed by atoms with Crippen LogP contribution in [0.15, 0.2) is 72.8 Å². The Hall–Kier alpha value is -4.28. The predicted octanol–water partition coefficient (Wildman–Crippen LogP) is 7.99. The molecule has 0 atom stereocenters. The van der Waals surface area contributed by atoms with E-state index in [2.05, 4.69) is 37.5 Å². The summed E-state index contributed by atoms with van der Waals surface area (Å²) in [5, 5.41) is 0. The maximum atomic E-state index is 12.5. The third-order valence-electron chi connectivity index (χ3n) is 5.76. The molecule has 0 saturated carbocycles. The molecule has 0 aliphatic rings. The highest BCUT2D eigenvalue weighted by atomic mass is 16.5. The smallest absolute Gasteiger partial charge is 0.343 e. The van der Waals surface area contributed by atoms with Gasteiger partial charge in [0.1, 0.15) is 11.5 Å². The molecule has 38 heavy (non-hydrogen) atoms. The van der Waals surface area contributed by atoms with E-state index in [0.29, 0.717) is 22.6 Å². The highest BCUT2D eigenvalue weighted by Crippen LogP contribution is 2.20. The quantitative estimate of drug-likeness (QED) is 0.121. The number of hydrogen-bond donors (Lipinski definition) is 0. The van der Waals surface area contributed by atoms with Crippen molar-refractivity contribution in [2.24, 2.45) is 0 Å². The van der Waals surface area contributed by atoms with Gasteiger partial charge in [0.25, 0.3) is 0 Å². The summed E-state index contributed by atoms with van der Waals surface area (Å²) in [6, 6.07) is 20.5. The number of rotatable bonds is 10. The normalized spacial score (nSPS) is 9.95. The zero-order valence-electron chi connectivity index (χ0n) is 22.2. The van der Waals surface area contributed by atoms with Gasteiger partial charge in [-0.15, -0.1) is 0 Å². The van der Waals surface area contributed by atoms with Gasteiger partial charge in [-0.1, -0.05) is 63.2 Å². The third kappa shape index (κ3) is 9.64. The van der Waals surface area contributed by atoms with Crippen molar-refractivity contribution in [3.05, 3.63) is 95.1 Å². The lowest BCUT2D eigenvalue weighted by atomic mass is 10.1. The molecular formula is C34H34O4. The number of carbonyl (C=O) groups excluding carboxylic acids is 2. The SMILES string of the molecule is CCCCCC#Cc1ccc(C(=O)Oc2ccc(OC(=O)c3ccc(C#CCCCCC)cc3)cc2)cc1. The maximum absolute atomic E-state index is 12.5. The first-order chi connectivity index (χ1) is 18.6. The summed E-state index contributed by atoms with van der Waals surface area (Å²) >= 11 is 0. The molecule has 0 aromatic heterocycles. The fraction of sp³-hybridized carbons (Fsp3) is 0.294. The molecule has 0 fully saturated rings. The van der Waals surface area contributed by atoms with E-state index in [1.54, 1.807) is 48.5 Å². The van der Waals surface area contributed by atoms with Crippen molar-refractivity contribution in [1.82, 2.24) is 0 Å². The summed E-state index contributed by atoms with van der Waals surface area (Å²) in [5.41, 5.74) is 2.61. The third-order valence-corrected chi connectivity index (χ3v) is 5.76. The van der Waals surface area contributed by atoms with Crippen molar-refractivity contribution in [3.8, 4) is 35.2 Å². The van der Waals surface area contributed by atoms with Gasteiger partial charge in [-0.3, -0.25) is 0 Å². The summed E-state index contributed by atoms with van der Waals surface area (Å²) in [6.45, 7) is 4.34. The van der Waals surface area contributed by atoms with E-state index in [9.17, 15) is 9.59 Å². The summed E-state index contributed by atoms with van der Waals surface area (Å²) in [5.74, 6) is 12.3. The van der Waals surface area contributed by atoms with Crippen LogP contribution in [0.2, 0.25) is 0 Å². The Morgan fingerprint density at radius 1 is 0.553 bits per heavy atom. The minimum absolute atomic E-state index is 0.358. The van der Waals surface area contributed by atoms with Gasteiger partial charge in [0.2, 0.25) is 0 Å². The average Bonchev–Trinajstić information content (AvgIpc) is 2.94. The van der Waals surface area contributed by atoms with Gasteiger partial charge in [-0.25, -0.2) is 9.59 Å². The van der Waals surface area contributed by atoms with Gasteiger partial charge in [0, 0.05) is 24.0 Å². The molecule has 0 spiro atoms. The number of hydrogen-bond acceptors (Lipinski definition) is 4. The minimum atomic E-state index is -0.467. The van der Waals surface area contributed by atoms with E-state index in [0.717, 1.165) is 36.8 Å². The molecule has 0 aliphatic carbocycles. The molecule has 3 aromatic rings. The van der Waals surface area contributed by atoms with Gasteiger partial charge in [-0.05, 0) is 85.6 Å². The molecule has 3 aromatic carbocycles. The van der Waals surface area contributed by atoms with Crippen LogP contribution in [0.25, 0.3) is 0 Å². The Balaban J connectivity index is 1.49. The lowest BCUT2D eigenvalue weighted by Crippen LogP contribution is -2.09. The number of unbranched alkanes of at least 4 members (excludes halogenated alkanes) is 6. The van der Waals surface area contributed by atoms with Crippen LogP contribution in [-0.4, -0.2) is 11.9 Å². The molecular weight excluding hydrogens is 472 g/mol. The van der Waals surface area contributed by atoms with Crippen LogP contribution in [0.4, 0.5) is 0 Å². The van der Waals surface area contributed by atoms with Crippen LogP contribution in [-0.2, 0) is 0 Å². The Morgan fingerprint density at radius 3 is 1.26 bits per heavy atom. The fourth-order valence-electron chi connectivity index (χ4n) is 3.54. The first-order valence-electron chi connectivity index (χ1n) is 13.3. The fourth-order valence-corrected chi connectivity index (χ4v) is 3.54. The van der Waals surface area contributed by atoms with Crippen LogP contribution in [0.3, 0.4) is 0 Å². The van der Waals surface area contributed by atoms with Crippen molar-refractivity contribution >= 4 is 11.9 Å². The summed E-state index contributed by atoms with van der Waals surface area (Å²) in [4.78, 5) is 25.0. The Labute approximate surface area is 226 Å². The second-order valence-corrected chi connectivity index (χ2v) is 8.92. The molecule has 4 heteroatoms. The lowest BCUT2D eigenvalue weighted by molar-refractivity contribution is 0.0719. The van der Waals surface area contributed by atoms with Crippen molar-refractivity contribution in [1.29, 1.82) is 0 Å². The second-order valence-electron chi connectivity index (χ2n) is 8.92. The van der Waals surface area contributed by atoms with E-state index in [4.69, 9.17) is 9.47 Å². The van der Waals surface area contributed by atoms with Crippen LogP contribution in [0.1, 0.15) is 97.1 Å². The molecule has 0 saturated heterocycles. The molecule has 0 heterocycles. The molecule has 3 rings (SSSR count). The number of carbonyl (C=O) groups is 2. The molecule has 194 valence electrons. The highest BCUT2D eigenvalue weighted by molar-refractivity contribution is 5.92. The van der Waals surface area contributed by atoms with Crippen LogP contribution < -0.4 is 9.47 Å². The van der Waals surface area contributed by atoms with Crippen LogP contribution in [0.5, 0.6) is 11.5 Å². The van der Waals surface area contributed by atoms with Crippen molar-refractivity contribution in [2.75, 3.05) is 0 Å². The van der Waals surface area contributed by atoms with Gasteiger partial charge in [0.15, 0.2) is 0 Å². The van der Waals surface area contributed by atoms with E-state index in [1.807, 2.05) is 24.3 Å². The summed E-state index contributed by atoms with van der Waals surface area (Å²) in [7, 11) is 0. The van der Waals surface area contributed by atoms with E-state index in [-0.39, 0.29) is 0 Å². The molecule has 0 N–H and O–H groups in total. The van der Waals surface area contributed by atoms with Gasteiger partial charge >= 0.3 is 11.9 Å². The number of esters is 2. The predicted molar refractivity (Wildman–Crippen MR) is 151 cm³/mol. The van der Waals surface area contributed by atoms with Gasteiger partial charge < -0.3 is 9.47 Å². The van der Waals surface area contributed by atoms with Crippen LogP contribution in [0, 0.1) is 23.7 Å².